The lowest BCUT2D eigenvalue weighted by Gasteiger charge is -2.07. The Kier molecular flexibility index (Phi) is 5.27. The molecule has 2 N–H and O–H groups in total. The van der Waals surface area contributed by atoms with Gasteiger partial charge in [0, 0.05) is 24.9 Å². The molecule has 6 heteroatoms. The molecule has 0 saturated heterocycles. The number of hydrogen-bond donors (Lipinski definition) is 2. The molecule has 1 saturated carbocycles. The van der Waals surface area contributed by atoms with Crippen molar-refractivity contribution in [3.63, 3.8) is 0 Å². The number of benzene rings is 1. The lowest BCUT2D eigenvalue weighted by atomic mass is 10.1. The van der Waals surface area contributed by atoms with Gasteiger partial charge in [-0.3, -0.25) is 14.4 Å². The number of methoxy groups -OCH3 is 1. The molecule has 0 aromatic heterocycles. The van der Waals surface area contributed by atoms with Gasteiger partial charge in [0.1, 0.15) is 0 Å². The van der Waals surface area contributed by atoms with Crippen LogP contribution in [0, 0.1) is 11.8 Å². The number of carbonyl (C=O) groups is 3. The second-order valence-corrected chi connectivity index (χ2v) is 5.36. The summed E-state index contributed by atoms with van der Waals surface area (Å²) < 4.78 is 4.85. The van der Waals surface area contributed by atoms with Crippen LogP contribution in [-0.4, -0.2) is 37.9 Å². The minimum absolute atomic E-state index is 0.0575. The van der Waals surface area contributed by atoms with E-state index >= 15 is 0 Å². The highest BCUT2D eigenvalue weighted by molar-refractivity contribution is 6.01. The fourth-order valence-corrected chi connectivity index (χ4v) is 2.23. The summed E-state index contributed by atoms with van der Waals surface area (Å²) in [6.45, 7) is 2.37. The molecule has 118 valence electrons. The van der Waals surface area contributed by atoms with Crippen LogP contribution < -0.4 is 10.6 Å². The largest absolute Gasteiger partial charge is 0.383 e. The third-order valence-electron chi connectivity index (χ3n) is 3.61. The van der Waals surface area contributed by atoms with Crippen molar-refractivity contribution < 1.29 is 19.1 Å². The first-order valence-corrected chi connectivity index (χ1v) is 7.21. The number of ether oxygens (including phenoxy) is 1. The fraction of sp³-hybridized carbons (Fsp3) is 0.438. The standard InChI is InChI=1S/C16H20N2O4/c1-10(19)11-4-3-5-12(8-11)18-16(21)14-9-13(14)15(20)17-6-7-22-2/h3-5,8,13-14H,6-7,9H2,1-2H3,(H,17,20)(H,18,21). The van der Waals surface area contributed by atoms with Gasteiger partial charge in [-0.15, -0.1) is 0 Å². The molecule has 2 rings (SSSR count). The average molecular weight is 304 g/mol. The molecule has 0 bridgehead atoms. The molecule has 22 heavy (non-hydrogen) atoms. The number of Topliss-reactive ketones (excluding diaryl/α,β-unsaturated/α-hetero) is 1. The number of anilines is 1. The van der Waals surface area contributed by atoms with E-state index in [4.69, 9.17) is 4.74 Å². The maximum Gasteiger partial charge on any atom is 0.228 e. The smallest absolute Gasteiger partial charge is 0.228 e. The first kappa shape index (κ1) is 16.2. The van der Waals surface area contributed by atoms with Gasteiger partial charge in [0.15, 0.2) is 5.78 Å². The normalized spacial score (nSPS) is 19.4. The highest BCUT2D eigenvalue weighted by atomic mass is 16.5. The second-order valence-electron chi connectivity index (χ2n) is 5.36. The van der Waals surface area contributed by atoms with E-state index in [1.54, 1.807) is 31.4 Å². The van der Waals surface area contributed by atoms with Crippen LogP contribution in [0.25, 0.3) is 0 Å². The molecule has 1 aliphatic rings. The molecule has 0 aliphatic heterocycles. The summed E-state index contributed by atoms with van der Waals surface area (Å²) in [5.41, 5.74) is 1.12. The topological polar surface area (TPSA) is 84.5 Å². The summed E-state index contributed by atoms with van der Waals surface area (Å²) in [4.78, 5) is 35.2. The molecule has 1 aromatic rings. The molecule has 2 amide bonds. The lowest BCUT2D eigenvalue weighted by Crippen LogP contribution is -2.30. The third kappa shape index (κ3) is 4.14. The van der Waals surface area contributed by atoms with Gasteiger partial charge >= 0.3 is 0 Å². The van der Waals surface area contributed by atoms with E-state index in [9.17, 15) is 14.4 Å². The summed E-state index contributed by atoms with van der Waals surface area (Å²) in [5, 5.41) is 5.49. The Morgan fingerprint density at radius 1 is 1.23 bits per heavy atom. The minimum Gasteiger partial charge on any atom is -0.383 e. The minimum atomic E-state index is -0.302. The van der Waals surface area contributed by atoms with E-state index in [1.807, 2.05) is 0 Å². The molecule has 6 nitrogen and oxygen atoms in total. The lowest BCUT2D eigenvalue weighted by molar-refractivity contribution is -0.125. The number of ketones is 1. The summed E-state index contributed by atoms with van der Waals surface area (Å²) in [6, 6.07) is 6.77. The molecule has 0 radical (unpaired) electrons. The summed E-state index contributed by atoms with van der Waals surface area (Å²) in [7, 11) is 1.56. The number of hydrogen-bond acceptors (Lipinski definition) is 4. The highest BCUT2D eigenvalue weighted by Crippen LogP contribution is 2.39. The van der Waals surface area contributed by atoms with Crippen LogP contribution in [-0.2, 0) is 14.3 Å². The van der Waals surface area contributed by atoms with E-state index in [2.05, 4.69) is 10.6 Å². The van der Waals surface area contributed by atoms with Gasteiger partial charge in [0.25, 0.3) is 0 Å². The van der Waals surface area contributed by atoms with Crippen LogP contribution in [0.3, 0.4) is 0 Å². The third-order valence-corrected chi connectivity index (χ3v) is 3.61. The van der Waals surface area contributed by atoms with Crippen LogP contribution in [0.4, 0.5) is 5.69 Å². The van der Waals surface area contributed by atoms with Crippen molar-refractivity contribution in [1.29, 1.82) is 0 Å². The van der Waals surface area contributed by atoms with Crippen LogP contribution in [0.5, 0.6) is 0 Å². The SMILES string of the molecule is COCCNC(=O)C1CC1C(=O)Nc1cccc(C(C)=O)c1. The predicted molar refractivity (Wildman–Crippen MR) is 81.6 cm³/mol. The van der Waals surface area contributed by atoms with Crippen LogP contribution in [0.2, 0.25) is 0 Å². The van der Waals surface area contributed by atoms with Crippen molar-refractivity contribution in [2.75, 3.05) is 25.6 Å². The van der Waals surface area contributed by atoms with E-state index in [0.717, 1.165) is 0 Å². The van der Waals surface area contributed by atoms with Crippen LogP contribution in [0.15, 0.2) is 24.3 Å². The Bertz CT molecular complexity index is 585. The number of nitrogens with one attached hydrogen (secondary N) is 2. The molecule has 2 atom stereocenters. The van der Waals surface area contributed by atoms with Gasteiger partial charge in [-0.05, 0) is 25.5 Å². The summed E-state index contributed by atoms with van der Waals surface area (Å²) in [6.07, 6.45) is 0.553. The molecular formula is C16H20N2O4. The molecular weight excluding hydrogens is 284 g/mol. The Labute approximate surface area is 129 Å². The number of amides is 2. The number of carbonyl (C=O) groups excluding carboxylic acids is 3. The van der Waals surface area contributed by atoms with Gasteiger partial charge in [-0.1, -0.05) is 12.1 Å². The second kappa shape index (κ2) is 7.17. The first-order chi connectivity index (χ1) is 10.5. The zero-order valence-corrected chi connectivity index (χ0v) is 12.7. The van der Waals surface area contributed by atoms with Gasteiger partial charge in [-0.25, -0.2) is 0 Å². The fourth-order valence-electron chi connectivity index (χ4n) is 2.23. The number of rotatable bonds is 7. The molecule has 1 fully saturated rings. The van der Waals surface area contributed by atoms with Gasteiger partial charge < -0.3 is 15.4 Å². The molecule has 2 unspecified atom stereocenters. The van der Waals surface area contributed by atoms with Gasteiger partial charge in [-0.2, -0.15) is 0 Å². The Morgan fingerprint density at radius 2 is 1.95 bits per heavy atom. The van der Waals surface area contributed by atoms with Crippen molar-refractivity contribution in [1.82, 2.24) is 5.32 Å². The molecule has 0 heterocycles. The molecule has 0 spiro atoms. The molecule has 1 aliphatic carbocycles. The van der Waals surface area contributed by atoms with E-state index in [0.29, 0.717) is 30.8 Å². The van der Waals surface area contributed by atoms with Crippen molar-refractivity contribution in [3.05, 3.63) is 29.8 Å². The van der Waals surface area contributed by atoms with Gasteiger partial charge in [0.05, 0.1) is 18.4 Å². The van der Waals surface area contributed by atoms with Gasteiger partial charge in [0.2, 0.25) is 11.8 Å². The first-order valence-electron chi connectivity index (χ1n) is 7.21. The highest BCUT2D eigenvalue weighted by Gasteiger charge is 2.47. The van der Waals surface area contributed by atoms with Crippen molar-refractivity contribution in [2.24, 2.45) is 11.8 Å². The Balaban J connectivity index is 1.85. The predicted octanol–water partition coefficient (Wildman–Crippen LogP) is 1.23. The summed E-state index contributed by atoms with van der Waals surface area (Å²) in [5.74, 6) is -0.934. The van der Waals surface area contributed by atoms with Crippen LogP contribution >= 0.6 is 0 Å². The van der Waals surface area contributed by atoms with E-state index < -0.39 is 0 Å². The Hall–Kier alpha value is -2.21. The van der Waals surface area contributed by atoms with E-state index in [1.165, 1.54) is 6.92 Å². The van der Waals surface area contributed by atoms with Crippen molar-refractivity contribution in [3.8, 4) is 0 Å². The van der Waals surface area contributed by atoms with Crippen molar-refractivity contribution >= 4 is 23.3 Å². The monoisotopic (exact) mass is 304 g/mol. The quantitative estimate of drug-likeness (QED) is 0.586. The Morgan fingerprint density at radius 3 is 2.64 bits per heavy atom. The zero-order chi connectivity index (χ0) is 16.1. The van der Waals surface area contributed by atoms with Crippen LogP contribution in [0.1, 0.15) is 23.7 Å². The van der Waals surface area contributed by atoms with E-state index in [-0.39, 0.29) is 29.4 Å². The maximum absolute atomic E-state index is 12.1. The average Bonchev–Trinajstić information content (AvgIpc) is 3.28. The van der Waals surface area contributed by atoms with Crippen molar-refractivity contribution in [2.45, 2.75) is 13.3 Å². The maximum atomic E-state index is 12.1. The molecule has 1 aromatic carbocycles. The zero-order valence-electron chi connectivity index (χ0n) is 12.7. The summed E-state index contributed by atoms with van der Waals surface area (Å²) >= 11 is 0.